The maximum atomic E-state index is 12.8. The van der Waals surface area contributed by atoms with E-state index in [1.54, 1.807) is 23.1 Å². The molecule has 1 aromatic rings. The Kier molecular flexibility index (Phi) is 5.35. The molecule has 130 valence electrons. The molecular weight excluding hydrogens is 310 g/mol. The number of benzene rings is 1. The standard InChI is InChI=1S/C18H23NO5/c20-17(19-9-3-5-13(11-19)18(21)22)15-7-1-2-8-16(15)24-12-14-6-4-10-23-14/h1-2,7-8,13-14H,3-6,9-12H2,(H,21,22)/t13-,14-/m0/s1. The van der Waals surface area contributed by atoms with Crippen molar-refractivity contribution < 1.29 is 24.2 Å². The van der Waals surface area contributed by atoms with E-state index in [1.165, 1.54) is 0 Å². The van der Waals surface area contributed by atoms with Crippen LogP contribution in [0.1, 0.15) is 36.0 Å². The van der Waals surface area contributed by atoms with Crippen molar-refractivity contribution in [2.45, 2.75) is 31.8 Å². The molecular formula is C18H23NO5. The van der Waals surface area contributed by atoms with Crippen molar-refractivity contribution in [1.82, 2.24) is 4.90 Å². The Bertz CT molecular complexity index is 597. The van der Waals surface area contributed by atoms with Crippen LogP contribution in [0.25, 0.3) is 0 Å². The Balaban J connectivity index is 1.68. The van der Waals surface area contributed by atoms with Crippen LogP contribution in [0.4, 0.5) is 0 Å². The van der Waals surface area contributed by atoms with Crippen LogP contribution in [-0.4, -0.2) is 54.3 Å². The van der Waals surface area contributed by atoms with Gasteiger partial charge in [0, 0.05) is 19.7 Å². The highest BCUT2D eigenvalue weighted by atomic mass is 16.5. The average Bonchev–Trinajstić information content (AvgIpc) is 3.13. The van der Waals surface area contributed by atoms with Crippen molar-refractivity contribution >= 4 is 11.9 Å². The molecule has 2 fully saturated rings. The summed E-state index contributed by atoms with van der Waals surface area (Å²) < 4.78 is 11.4. The topological polar surface area (TPSA) is 76.1 Å². The maximum Gasteiger partial charge on any atom is 0.308 e. The highest BCUT2D eigenvalue weighted by Crippen LogP contribution is 2.25. The predicted molar refractivity (Wildman–Crippen MR) is 87.2 cm³/mol. The number of nitrogens with zero attached hydrogens (tertiary/aromatic N) is 1. The summed E-state index contributed by atoms with van der Waals surface area (Å²) in [6, 6.07) is 7.14. The van der Waals surface area contributed by atoms with E-state index in [-0.39, 0.29) is 18.6 Å². The molecule has 1 amide bonds. The second-order valence-corrected chi connectivity index (χ2v) is 6.37. The van der Waals surface area contributed by atoms with E-state index in [9.17, 15) is 14.7 Å². The largest absolute Gasteiger partial charge is 0.490 e. The van der Waals surface area contributed by atoms with Crippen LogP contribution < -0.4 is 4.74 Å². The molecule has 0 spiro atoms. The number of carboxylic acid groups (broad SMARTS) is 1. The predicted octanol–water partition coefficient (Wildman–Crippen LogP) is 2.18. The summed E-state index contributed by atoms with van der Waals surface area (Å²) >= 11 is 0. The van der Waals surface area contributed by atoms with Crippen molar-refractivity contribution in [2.75, 3.05) is 26.3 Å². The molecule has 0 unspecified atom stereocenters. The molecule has 2 heterocycles. The molecule has 0 aromatic heterocycles. The van der Waals surface area contributed by atoms with Crippen molar-refractivity contribution in [3.05, 3.63) is 29.8 Å². The third-order valence-corrected chi connectivity index (χ3v) is 4.62. The molecule has 0 radical (unpaired) electrons. The van der Waals surface area contributed by atoms with Crippen LogP contribution >= 0.6 is 0 Å². The number of rotatable bonds is 5. The number of hydrogen-bond donors (Lipinski definition) is 1. The molecule has 2 aliphatic heterocycles. The van der Waals surface area contributed by atoms with Gasteiger partial charge >= 0.3 is 5.97 Å². The first-order valence-corrected chi connectivity index (χ1v) is 8.50. The molecule has 6 heteroatoms. The van der Waals surface area contributed by atoms with Gasteiger partial charge in [0.05, 0.1) is 17.6 Å². The summed E-state index contributed by atoms with van der Waals surface area (Å²) in [5, 5.41) is 9.19. The van der Waals surface area contributed by atoms with Gasteiger partial charge in [0.25, 0.3) is 5.91 Å². The van der Waals surface area contributed by atoms with Gasteiger partial charge in [0.2, 0.25) is 0 Å². The van der Waals surface area contributed by atoms with Gasteiger partial charge in [-0.1, -0.05) is 12.1 Å². The van der Waals surface area contributed by atoms with Gasteiger partial charge in [0.1, 0.15) is 12.4 Å². The van der Waals surface area contributed by atoms with E-state index in [0.717, 1.165) is 19.4 Å². The maximum absolute atomic E-state index is 12.8. The number of carbonyl (C=O) groups is 2. The van der Waals surface area contributed by atoms with E-state index in [0.29, 0.717) is 37.3 Å². The summed E-state index contributed by atoms with van der Waals surface area (Å²) in [5.41, 5.74) is 0.488. The molecule has 2 aliphatic rings. The average molecular weight is 333 g/mol. The third kappa shape index (κ3) is 3.87. The molecule has 0 aliphatic carbocycles. The highest BCUT2D eigenvalue weighted by Gasteiger charge is 2.30. The Morgan fingerprint density at radius 2 is 2.08 bits per heavy atom. The second-order valence-electron chi connectivity index (χ2n) is 6.37. The first-order valence-electron chi connectivity index (χ1n) is 8.50. The van der Waals surface area contributed by atoms with Crippen LogP contribution in [0.2, 0.25) is 0 Å². The molecule has 0 bridgehead atoms. The summed E-state index contributed by atoms with van der Waals surface area (Å²) in [5.74, 6) is -0.947. The van der Waals surface area contributed by atoms with Crippen LogP contribution in [0.5, 0.6) is 5.75 Å². The fourth-order valence-corrected chi connectivity index (χ4v) is 3.26. The summed E-state index contributed by atoms with van der Waals surface area (Å²) in [6.07, 6.45) is 3.43. The first-order chi connectivity index (χ1) is 11.6. The smallest absolute Gasteiger partial charge is 0.308 e. The summed E-state index contributed by atoms with van der Waals surface area (Å²) in [6.45, 7) is 2.04. The van der Waals surface area contributed by atoms with E-state index >= 15 is 0 Å². The van der Waals surface area contributed by atoms with Gasteiger partial charge in [-0.3, -0.25) is 9.59 Å². The van der Waals surface area contributed by atoms with Gasteiger partial charge < -0.3 is 19.5 Å². The minimum absolute atomic E-state index is 0.0829. The van der Waals surface area contributed by atoms with E-state index in [4.69, 9.17) is 9.47 Å². The molecule has 1 aromatic carbocycles. The second kappa shape index (κ2) is 7.66. The third-order valence-electron chi connectivity index (χ3n) is 4.62. The quantitative estimate of drug-likeness (QED) is 0.894. The van der Waals surface area contributed by atoms with E-state index in [1.807, 2.05) is 6.07 Å². The molecule has 2 saturated heterocycles. The van der Waals surface area contributed by atoms with Crippen LogP contribution in [-0.2, 0) is 9.53 Å². The number of carbonyl (C=O) groups excluding carboxylic acids is 1. The molecule has 3 rings (SSSR count). The molecule has 24 heavy (non-hydrogen) atoms. The number of hydrogen-bond acceptors (Lipinski definition) is 4. The van der Waals surface area contributed by atoms with E-state index < -0.39 is 11.9 Å². The van der Waals surface area contributed by atoms with Crippen molar-refractivity contribution in [3.63, 3.8) is 0 Å². The monoisotopic (exact) mass is 333 g/mol. The minimum Gasteiger partial charge on any atom is -0.490 e. The van der Waals surface area contributed by atoms with Crippen molar-refractivity contribution in [3.8, 4) is 5.75 Å². The van der Waals surface area contributed by atoms with Crippen molar-refractivity contribution in [1.29, 1.82) is 0 Å². The van der Waals surface area contributed by atoms with Gasteiger partial charge in [-0.2, -0.15) is 0 Å². The van der Waals surface area contributed by atoms with E-state index in [2.05, 4.69) is 0 Å². The first kappa shape index (κ1) is 16.8. The van der Waals surface area contributed by atoms with Crippen LogP contribution in [0.15, 0.2) is 24.3 Å². The zero-order valence-electron chi connectivity index (χ0n) is 13.6. The lowest BCUT2D eigenvalue weighted by Gasteiger charge is -2.31. The number of likely N-dealkylation sites (tertiary alicyclic amines) is 1. The van der Waals surface area contributed by atoms with Crippen molar-refractivity contribution in [2.24, 2.45) is 5.92 Å². The summed E-state index contributed by atoms with van der Waals surface area (Å²) in [4.78, 5) is 25.6. The zero-order valence-corrected chi connectivity index (χ0v) is 13.6. The number of aliphatic carboxylic acids is 1. The van der Waals surface area contributed by atoms with Gasteiger partial charge in [-0.05, 0) is 37.8 Å². The Labute approximate surface area is 141 Å². The zero-order chi connectivity index (χ0) is 16.9. The highest BCUT2D eigenvalue weighted by molar-refractivity contribution is 5.97. The summed E-state index contributed by atoms with van der Waals surface area (Å²) in [7, 11) is 0. The van der Waals surface area contributed by atoms with Crippen LogP contribution in [0.3, 0.4) is 0 Å². The Hall–Kier alpha value is -2.08. The number of amides is 1. The molecule has 1 N–H and O–H groups in total. The Morgan fingerprint density at radius 1 is 1.25 bits per heavy atom. The van der Waals surface area contributed by atoms with Gasteiger partial charge in [-0.15, -0.1) is 0 Å². The lowest BCUT2D eigenvalue weighted by molar-refractivity contribution is -0.143. The SMILES string of the molecule is O=C(O)[C@H]1CCCN(C(=O)c2ccccc2OC[C@@H]2CCCO2)C1. The fourth-order valence-electron chi connectivity index (χ4n) is 3.26. The lowest BCUT2D eigenvalue weighted by atomic mass is 9.97. The van der Waals surface area contributed by atoms with Gasteiger partial charge in [-0.25, -0.2) is 0 Å². The molecule has 6 nitrogen and oxygen atoms in total. The molecule has 2 atom stereocenters. The number of carboxylic acids is 1. The lowest BCUT2D eigenvalue weighted by Crippen LogP contribution is -2.42. The minimum atomic E-state index is -0.838. The normalized spacial score (nSPS) is 23.9. The van der Waals surface area contributed by atoms with Crippen LogP contribution in [0, 0.1) is 5.92 Å². The Morgan fingerprint density at radius 3 is 2.83 bits per heavy atom. The van der Waals surface area contributed by atoms with Gasteiger partial charge in [0.15, 0.2) is 0 Å². The number of ether oxygens (including phenoxy) is 2. The number of para-hydroxylation sites is 1. The fraction of sp³-hybridized carbons (Fsp3) is 0.556. The number of piperidine rings is 1. The molecule has 0 saturated carbocycles.